The summed E-state index contributed by atoms with van der Waals surface area (Å²) in [6.07, 6.45) is 3.35. The van der Waals surface area contributed by atoms with E-state index in [-0.39, 0.29) is 24.1 Å². The third-order valence-electron chi connectivity index (χ3n) is 4.70. The first-order valence-electron chi connectivity index (χ1n) is 10.5. The van der Waals surface area contributed by atoms with Gasteiger partial charge in [0, 0.05) is 31.7 Å². The molecule has 7 heteroatoms. The maximum absolute atomic E-state index is 12.6. The van der Waals surface area contributed by atoms with E-state index in [0.717, 1.165) is 32.3 Å². The summed E-state index contributed by atoms with van der Waals surface area (Å²) in [5, 5.41) is 2.82. The Labute approximate surface area is 172 Å². The molecular weight excluding hydrogens is 372 g/mol. The van der Waals surface area contributed by atoms with E-state index >= 15 is 0 Å². The molecule has 1 aromatic carbocycles. The van der Waals surface area contributed by atoms with E-state index in [9.17, 15) is 14.4 Å². The number of Topliss-reactive ketones (excluding diaryl/α,β-unsaturated/α-hetero) is 1. The summed E-state index contributed by atoms with van der Waals surface area (Å²) in [6.45, 7) is 7.41. The number of anilines is 1. The molecule has 0 saturated heterocycles. The fourth-order valence-electron chi connectivity index (χ4n) is 3.06. The predicted octanol–water partition coefficient (Wildman–Crippen LogP) is 3.11. The first-order valence-corrected chi connectivity index (χ1v) is 10.5. The average molecular weight is 405 g/mol. The number of ketones is 1. The molecule has 1 N–H and O–H groups in total. The van der Waals surface area contributed by atoms with Crippen LogP contribution in [0.1, 0.15) is 63.2 Å². The minimum Gasteiger partial charge on any atom is -0.479 e. The zero-order chi connectivity index (χ0) is 21.2. The Bertz CT molecular complexity index is 719. The highest BCUT2D eigenvalue weighted by atomic mass is 16.5. The van der Waals surface area contributed by atoms with Gasteiger partial charge >= 0.3 is 0 Å². The third-order valence-corrected chi connectivity index (χ3v) is 4.70. The van der Waals surface area contributed by atoms with Gasteiger partial charge in [0.25, 0.3) is 5.91 Å². The number of rotatable bonds is 12. The number of nitrogens with one attached hydrogen (secondary N) is 1. The highest BCUT2D eigenvalue weighted by molar-refractivity contribution is 6.05. The first-order chi connectivity index (χ1) is 14.0. The van der Waals surface area contributed by atoms with Crippen LogP contribution in [-0.2, 0) is 14.3 Å². The van der Waals surface area contributed by atoms with Crippen LogP contribution < -0.4 is 15.0 Å². The zero-order valence-electron chi connectivity index (χ0n) is 17.7. The smallest absolute Gasteiger partial charge is 0.268 e. The number of amides is 2. The molecule has 1 atom stereocenters. The van der Waals surface area contributed by atoms with Gasteiger partial charge in [0.05, 0.1) is 5.69 Å². The summed E-state index contributed by atoms with van der Waals surface area (Å²) in [7, 11) is 0. The summed E-state index contributed by atoms with van der Waals surface area (Å²) >= 11 is 0. The van der Waals surface area contributed by atoms with E-state index in [1.807, 2.05) is 6.92 Å². The van der Waals surface area contributed by atoms with E-state index in [2.05, 4.69) is 12.2 Å². The molecule has 0 spiro atoms. The SMILES string of the molecule is CCCCOCCCNC(=O)CN1C(=O)C(C)Oc2ccc(C(=O)CCC)cc21. The summed E-state index contributed by atoms with van der Waals surface area (Å²) in [6, 6.07) is 5.04. The maximum atomic E-state index is 12.6. The monoisotopic (exact) mass is 404 g/mol. The third kappa shape index (κ3) is 6.56. The molecule has 29 heavy (non-hydrogen) atoms. The van der Waals surface area contributed by atoms with Crippen LogP contribution in [0.15, 0.2) is 18.2 Å². The van der Waals surface area contributed by atoms with Crippen LogP contribution in [0.5, 0.6) is 5.75 Å². The van der Waals surface area contributed by atoms with E-state index in [4.69, 9.17) is 9.47 Å². The number of fused-ring (bicyclic) bond motifs is 1. The molecular formula is C22H32N2O5. The number of hydrogen-bond acceptors (Lipinski definition) is 5. The summed E-state index contributed by atoms with van der Waals surface area (Å²) in [5.74, 6) is -0.0380. The number of carbonyl (C=O) groups is 3. The molecule has 1 aromatic rings. The number of carbonyl (C=O) groups excluding carboxylic acids is 3. The largest absolute Gasteiger partial charge is 0.479 e. The van der Waals surface area contributed by atoms with Gasteiger partial charge in [-0.3, -0.25) is 19.3 Å². The van der Waals surface area contributed by atoms with Crippen molar-refractivity contribution >= 4 is 23.3 Å². The first kappa shape index (κ1) is 22.9. The topological polar surface area (TPSA) is 84.9 Å². The minimum atomic E-state index is -0.681. The van der Waals surface area contributed by atoms with Crippen molar-refractivity contribution in [3.8, 4) is 5.75 Å². The molecule has 2 amide bonds. The van der Waals surface area contributed by atoms with Gasteiger partial charge in [-0.2, -0.15) is 0 Å². The molecule has 0 bridgehead atoms. The molecule has 7 nitrogen and oxygen atoms in total. The zero-order valence-corrected chi connectivity index (χ0v) is 17.7. The second-order valence-electron chi connectivity index (χ2n) is 7.21. The Morgan fingerprint density at radius 3 is 2.66 bits per heavy atom. The lowest BCUT2D eigenvalue weighted by Gasteiger charge is -2.32. The van der Waals surface area contributed by atoms with Crippen molar-refractivity contribution in [3.63, 3.8) is 0 Å². The number of ether oxygens (including phenoxy) is 2. The van der Waals surface area contributed by atoms with Crippen molar-refractivity contribution in [2.45, 2.75) is 59.0 Å². The normalized spacial score (nSPS) is 15.6. The average Bonchev–Trinajstić information content (AvgIpc) is 2.70. The van der Waals surface area contributed by atoms with Gasteiger partial charge in [-0.1, -0.05) is 20.3 Å². The molecule has 1 unspecified atom stereocenters. The van der Waals surface area contributed by atoms with Gasteiger partial charge in [0.15, 0.2) is 11.9 Å². The van der Waals surface area contributed by atoms with Crippen LogP contribution in [-0.4, -0.2) is 50.0 Å². The second kappa shape index (κ2) is 11.6. The Morgan fingerprint density at radius 1 is 1.17 bits per heavy atom. The summed E-state index contributed by atoms with van der Waals surface area (Å²) < 4.78 is 11.1. The fraction of sp³-hybridized carbons (Fsp3) is 0.591. The van der Waals surface area contributed by atoms with Gasteiger partial charge < -0.3 is 14.8 Å². The molecule has 160 valence electrons. The van der Waals surface area contributed by atoms with E-state index in [1.54, 1.807) is 25.1 Å². The molecule has 0 saturated carbocycles. The highest BCUT2D eigenvalue weighted by Crippen LogP contribution is 2.35. The number of benzene rings is 1. The van der Waals surface area contributed by atoms with E-state index in [1.165, 1.54) is 4.90 Å². The second-order valence-corrected chi connectivity index (χ2v) is 7.21. The number of hydrogen-bond donors (Lipinski definition) is 1. The van der Waals surface area contributed by atoms with Crippen LogP contribution in [0.2, 0.25) is 0 Å². The molecule has 0 radical (unpaired) electrons. The van der Waals surface area contributed by atoms with Crippen LogP contribution in [0.3, 0.4) is 0 Å². The molecule has 1 aliphatic heterocycles. The van der Waals surface area contributed by atoms with Crippen molar-refractivity contribution in [1.29, 1.82) is 0 Å². The quantitative estimate of drug-likeness (QED) is 0.427. The van der Waals surface area contributed by atoms with Crippen LogP contribution in [0.25, 0.3) is 0 Å². The van der Waals surface area contributed by atoms with Gasteiger partial charge in [0.2, 0.25) is 5.91 Å². The Kier molecular flexibility index (Phi) is 9.12. The van der Waals surface area contributed by atoms with Gasteiger partial charge in [0.1, 0.15) is 12.3 Å². The van der Waals surface area contributed by atoms with Gasteiger partial charge in [-0.25, -0.2) is 0 Å². The van der Waals surface area contributed by atoms with Crippen LogP contribution in [0.4, 0.5) is 5.69 Å². The molecule has 1 aliphatic rings. The maximum Gasteiger partial charge on any atom is 0.268 e. The lowest BCUT2D eigenvalue weighted by molar-refractivity contribution is -0.128. The Balaban J connectivity index is 1.98. The van der Waals surface area contributed by atoms with Crippen LogP contribution >= 0.6 is 0 Å². The van der Waals surface area contributed by atoms with Gasteiger partial charge in [-0.05, 0) is 44.4 Å². The van der Waals surface area contributed by atoms with Gasteiger partial charge in [-0.15, -0.1) is 0 Å². The molecule has 0 aromatic heterocycles. The van der Waals surface area contributed by atoms with Crippen molar-refractivity contribution in [3.05, 3.63) is 23.8 Å². The van der Waals surface area contributed by atoms with Crippen molar-refractivity contribution < 1.29 is 23.9 Å². The van der Waals surface area contributed by atoms with Crippen molar-refractivity contribution in [2.24, 2.45) is 0 Å². The summed E-state index contributed by atoms with van der Waals surface area (Å²) in [5.41, 5.74) is 0.985. The Hall–Kier alpha value is -2.41. The molecule has 2 rings (SSSR count). The van der Waals surface area contributed by atoms with Crippen molar-refractivity contribution in [2.75, 3.05) is 31.2 Å². The highest BCUT2D eigenvalue weighted by Gasteiger charge is 2.33. The number of nitrogens with zero attached hydrogens (tertiary/aromatic N) is 1. The van der Waals surface area contributed by atoms with E-state index < -0.39 is 6.10 Å². The Morgan fingerprint density at radius 2 is 1.93 bits per heavy atom. The fourth-order valence-corrected chi connectivity index (χ4v) is 3.06. The van der Waals surface area contributed by atoms with Crippen molar-refractivity contribution in [1.82, 2.24) is 5.32 Å². The minimum absolute atomic E-state index is 0.00819. The predicted molar refractivity (Wildman–Crippen MR) is 111 cm³/mol. The lowest BCUT2D eigenvalue weighted by atomic mass is 10.0. The van der Waals surface area contributed by atoms with Crippen LogP contribution in [0, 0.1) is 0 Å². The molecule has 0 fully saturated rings. The molecule has 0 aliphatic carbocycles. The molecule has 1 heterocycles. The standard InChI is InChI=1S/C22H32N2O5/c1-4-6-12-28-13-7-11-23-21(26)15-24-18-14-17(19(25)8-5-2)9-10-20(18)29-16(3)22(24)27/h9-10,14,16H,4-8,11-13,15H2,1-3H3,(H,23,26). The summed E-state index contributed by atoms with van der Waals surface area (Å²) in [4.78, 5) is 38.6. The lowest BCUT2D eigenvalue weighted by Crippen LogP contribution is -2.49. The number of unbranched alkanes of at least 4 members (excludes halogenated alkanes) is 1. The van der Waals surface area contributed by atoms with E-state index in [0.29, 0.717) is 36.6 Å².